The third-order valence-electron chi connectivity index (χ3n) is 3.93. The van der Waals surface area contributed by atoms with Crippen molar-refractivity contribution in [3.63, 3.8) is 0 Å². The number of nitrogens with one attached hydrogen (secondary N) is 1. The van der Waals surface area contributed by atoms with Gasteiger partial charge in [-0.25, -0.2) is 4.79 Å². The van der Waals surface area contributed by atoms with Gasteiger partial charge in [0.2, 0.25) is 0 Å². The van der Waals surface area contributed by atoms with Gasteiger partial charge in [-0.1, -0.05) is 19.9 Å². The fourth-order valence-corrected chi connectivity index (χ4v) is 2.86. The van der Waals surface area contributed by atoms with Crippen molar-refractivity contribution in [2.75, 3.05) is 17.7 Å². The highest BCUT2D eigenvalue weighted by Crippen LogP contribution is 2.39. The van der Waals surface area contributed by atoms with E-state index in [0.717, 1.165) is 18.5 Å². The molecule has 0 radical (unpaired) electrons. The Hall–Kier alpha value is -1.71. The minimum Gasteiger partial charge on any atom is -0.462 e. The van der Waals surface area contributed by atoms with Crippen LogP contribution in [0.1, 0.15) is 50.4 Å². The summed E-state index contributed by atoms with van der Waals surface area (Å²) in [7, 11) is 0. The lowest BCUT2D eigenvalue weighted by atomic mass is 9.92. The predicted octanol–water partition coefficient (Wildman–Crippen LogP) is 3.44. The molecule has 0 spiro atoms. The van der Waals surface area contributed by atoms with E-state index >= 15 is 0 Å². The summed E-state index contributed by atoms with van der Waals surface area (Å²) in [4.78, 5) is 11.8. The molecule has 0 aliphatic heterocycles. The lowest BCUT2D eigenvalue weighted by Crippen LogP contribution is -2.19. The molecule has 2 rings (SSSR count). The number of para-hydroxylation sites is 1. The van der Waals surface area contributed by atoms with Gasteiger partial charge in [0.1, 0.15) is 0 Å². The summed E-state index contributed by atoms with van der Waals surface area (Å²) in [5, 5.41) is 3.47. The van der Waals surface area contributed by atoms with Gasteiger partial charge in [-0.15, -0.1) is 0 Å². The van der Waals surface area contributed by atoms with Gasteiger partial charge in [-0.05, 0) is 43.7 Å². The van der Waals surface area contributed by atoms with Gasteiger partial charge in [-0.2, -0.15) is 0 Å². The van der Waals surface area contributed by atoms with Crippen LogP contribution in [0.5, 0.6) is 0 Å². The Morgan fingerprint density at radius 3 is 2.85 bits per heavy atom. The number of carbonyl (C=O) groups is 1. The average Bonchev–Trinajstić information content (AvgIpc) is 2.71. The predicted molar refractivity (Wildman–Crippen MR) is 81.9 cm³/mol. The number of ether oxygens (including phenoxy) is 1. The molecular weight excluding hydrogens is 252 g/mol. The second kappa shape index (κ2) is 5.73. The number of esters is 1. The zero-order valence-electron chi connectivity index (χ0n) is 12.5. The van der Waals surface area contributed by atoms with E-state index in [9.17, 15) is 4.79 Å². The van der Waals surface area contributed by atoms with Gasteiger partial charge in [0.05, 0.1) is 23.5 Å². The molecule has 1 fully saturated rings. The molecular formula is C16H24N2O2. The minimum absolute atomic E-state index is 0.354. The molecule has 110 valence electrons. The third kappa shape index (κ3) is 3.24. The summed E-state index contributed by atoms with van der Waals surface area (Å²) in [6.45, 7) is 6.71. The minimum atomic E-state index is -0.361. The van der Waals surface area contributed by atoms with Crippen molar-refractivity contribution in [2.45, 2.75) is 46.1 Å². The summed E-state index contributed by atoms with van der Waals surface area (Å²) >= 11 is 0. The first kappa shape index (κ1) is 14.7. The van der Waals surface area contributed by atoms with Crippen LogP contribution in [-0.2, 0) is 4.74 Å². The van der Waals surface area contributed by atoms with E-state index in [1.807, 2.05) is 12.1 Å². The standard InChI is InChI=1S/C16H24N2O2/c1-4-20-15(19)12-6-5-7-13(14(12)17)18-11-8-9-16(2,3)10-11/h5-7,11,18H,4,8-10,17H2,1-3H3. The SMILES string of the molecule is CCOC(=O)c1cccc(NC2CCC(C)(C)C2)c1N. The Morgan fingerprint density at radius 2 is 2.25 bits per heavy atom. The number of carbonyl (C=O) groups excluding carboxylic acids is 1. The van der Waals surface area contributed by atoms with Gasteiger partial charge < -0.3 is 15.8 Å². The molecule has 0 bridgehead atoms. The van der Waals surface area contributed by atoms with Crippen LogP contribution in [0, 0.1) is 5.41 Å². The zero-order chi connectivity index (χ0) is 14.8. The number of nitrogen functional groups attached to an aromatic ring is 1. The fourth-order valence-electron chi connectivity index (χ4n) is 2.86. The molecule has 1 saturated carbocycles. The Bertz CT molecular complexity index is 497. The maximum atomic E-state index is 11.8. The zero-order valence-corrected chi connectivity index (χ0v) is 12.5. The number of rotatable bonds is 4. The summed E-state index contributed by atoms with van der Waals surface area (Å²) in [5.41, 5.74) is 8.23. The van der Waals surface area contributed by atoms with Gasteiger partial charge >= 0.3 is 5.97 Å². The lowest BCUT2D eigenvalue weighted by molar-refractivity contribution is 0.0527. The molecule has 0 amide bonds. The van der Waals surface area contributed by atoms with E-state index in [4.69, 9.17) is 10.5 Å². The topological polar surface area (TPSA) is 64.3 Å². The number of hydrogen-bond acceptors (Lipinski definition) is 4. The molecule has 1 aliphatic carbocycles. The second-order valence-corrected chi connectivity index (χ2v) is 6.24. The second-order valence-electron chi connectivity index (χ2n) is 6.24. The Morgan fingerprint density at radius 1 is 1.50 bits per heavy atom. The summed E-state index contributed by atoms with van der Waals surface area (Å²) in [6, 6.07) is 5.88. The summed E-state index contributed by atoms with van der Waals surface area (Å²) in [5.74, 6) is -0.361. The molecule has 1 atom stereocenters. The van der Waals surface area contributed by atoms with Crippen molar-refractivity contribution in [1.82, 2.24) is 0 Å². The van der Waals surface area contributed by atoms with Crippen LogP contribution >= 0.6 is 0 Å². The molecule has 3 N–H and O–H groups in total. The normalized spacial score (nSPS) is 20.6. The summed E-state index contributed by atoms with van der Waals surface area (Å²) in [6.07, 6.45) is 3.47. The maximum Gasteiger partial charge on any atom is 0.340 e. The van der Waals surface area contributed by atoms with Gasteiger partial charge in [0.25, 0.3) is 0 Å². The highest BCUT2D eigenvalue weighted by Gasteiger charge is 2.31. The molecule has 4 nitrogen and oxygen atoms in total. The van der Waals surface area contributed by atoms with Crippen LogP contribution in [0.2, 0.25) is 0 Å². The number of nitrogens with two attached hydrogens (primary N) is 1. The molecule has 1 unspecified atom stereocenters. The van der Waals surface area contributed by atoms with E-state index in [2.05, 4.69) is 19.2 Å². The van der Waals surface area contributed by atoms with Gasteiger partial charge in [0.15, 0.2) is 0 Å². The Labute approximate surface area is 120 Å². The maximum absolute atomic E-state index is 11.8. The van der Waals surface area contributed by atoms with Crippen LogP contribution in [-0.4, -0.2) is 18.6 Å². The number of anilines is 2. The van der Waals surface area contributed by atoms with Crippen LogP contribution < -0.4 is 11.1 Å². The quantitative estimate of drug-likeness (QED) is 0.653. The average molecular weight is 276 g/mol. The summed E-state index contributed by atoms with van der Waals surface area (Å²) < 4.78 is 5.02. The number of hydrogen-bond donors (Lipinski definition) is 2. The molecule has 1 aromatic carbocycles. The molecule has 0 heterocycles. The van der Waals surface area contributed by atoms with Crippen LogP contribution in [0.4, 0.5) is 11.4 Å². The van der Waals surface area contributed by atoms with Crippen molar-refractivity contribution in [3.8, 4) is 0 Å². The van der Waals surface area contributed by atoms with E-state index in [1.54, 1.807) is 13.0 Å². The highest BCUT2D eigenvalue weighted by atomic mass is 16.5. The monoisotopic (exact) mass is 276 g/mol. The first-order chi connectivity index (χ1) is 9.43. The smallest absolute Gasteiger partial charge is 0.340 e. The Balaban J connectivity index is 2.13. The van der Waals surface area contributed by atoms with Crippen LogP contribution in [0.15, 0.2) is 18.2 Å². The van der Waals surface area contributed by atoms with Crippen molar-refractivity contribution in [3.05, 3.63) is 23.8 Å². The van der Waals surface area contributed by atoms with E-state index in [-0.39, 0.29) is 5.97 Å². The van der Waals surface area contributed by atoms with Crippen molar-refractivity contribution in [1.29, 1.82) is 0 Å². The van der Waals surface area contributed by atoms with E-state index in [1.165, 1.54) is 6.42 Å². The van der Waals surface area contributed by atoms with Crippen LogP contribution in [0.25, 0.3) is 0 Å². The molecule has 1 aromatic rings. The number of benzene rings is 1. The van der Waals surface area contributed by atoms with Crippen molar-refractivity contribution < 1.29 is 9.53 Å². The largest absolute Gasteiger partial charge is 0.462 e. The van der Waals surface area contributed by atoms with Crippen LogP contribution in [0.3, 0.4) is 0 Å². The first-order valence-electron chi connectivity index (χ1n) is 7.25. The molecule has 4 heteroatoms. The first-order valence-corrected chi connectivity index (χ1v) is 7.25. The molecule has 0 aromatic heterocycles. The molecule has 0 saturated heterocycles. The third-order valence-corrected chi connectivity index (χ3v) is 3.93. The van der Waals surface area contributed by atoms with Crippen molar-refractivity contribution in [2.24, 2.45) is 5.41 Å². The van der Waals surface area contributed by atoms with Crippen molar-refractivity contribution >= 4 is 17.3 Å². The molecule has 20 heavy (non-hydrogen) atoms. The Kier molecular flexibility index (Phi) is 4.21. The van der Waals surface area contributed by atoms with Gasteiger partial charge in [0, 0.05) is 6.04 Å². The fraction of sp³-hybridized carbons (Fsp3) is 0.562. The van der Waals surface area contributed by atoms with Gasteiger partial charge in [-0.3, -0.25) is 0 Å². The van der Waals surface area contributed by atoms with E-state index < -0.39 is 0 Å². The highest BCUT2D eigenvalue weighted by molar-refractivity contribution is 5.98. The lowest BCUT2D eigenvalue weighted by Gasteiger charge is -2.20. The molecule has 1 aliphatic rings. The van der Waals surface area contributed by atoms with E-state index in [0.29, 0.717) is 29.3 Å².